The Balaban J connectivity index is 1.52. The first-order valence-electron chi connectivity index (χ1n) is 11.1. The van der Waals surface area contributed by atoms with Crippen molar-refractivity contribution in [1.29, 1.82) is 0 Å². The van der Waals surface area contributed by atoms with E-state index in [9.17, 15) is 29.7 Å². The summed E-state index contributed by atoms with van der Waals surface area (Å²) >= 11 is 0. The van der Waals surface area contributed by atoms with E-state index in [0.717, 1.165) is 10.6 Å². The van der Waals surface area contributed by atoms with Crippen molar-refractivity contribution in [3.63, 3.8) is 0 Å². The molecule has 0 aliphatic carbocycles. The minimum absolute atomic E-state index is 0.00773. The largest absolute Gasteiger partial charge is 0.388 e. The number of hydrogen-bond donors (Lipinski definition) is 6. The van der Waals surface area contributed by atoms with Gasteiger partial charge in [0.2, 0.25) is 0 Å². The molecule has 1 amide bonds. The van der Waals surface area contributed by atoms with Gasteiger partial charge in [0.15, 0.2) is 12.5 Å². The van der Waals surface area contributed by atoms with E-state index in [4.69, 9.17) is 19.9 Å². The van der Waals surface area contributed by atoms with Crippen LogP contribution in [0.4, 0.5) is 0 Å². The molecule has 2 aliphatic heterocycles. The van der Waals surface area contributed by atoms with Crippen LogP contribution in [-0.4, -0.2) is 86.8 Å². The molecule has 1 aromatic heterocycles. The lowest BCUT2D eigenvalue weighted by molar-refractivity contribution is -0.212. The van der Waals surface area contributed by atoms with Crippen molar-refractivity contribution >= 4 is 5.91 Å². The second-order valence-corrected chi connectivity index (χ2v) is 8.40. The summed E-state index contributed by atoms with van der Waals surface area (Å²) in [7, 11) is 0. The van der Waals surface area contributed by atoms with Crippen LogP contribution >= 0.6 is 0 Å². The van der Waals surface area contributed by atoms with E-state index in [-0.39, 0.29) is 25.4 Å². The van der Waals surface area contributed by atoms with E-state index in [0.29, 0.717) is 5.56 Å². The molecule has 13 nitrogen and oxygen atoms in total. The highest BCUT2D eigenvalue weighted by Crippen LogP contribution is 2.32. The molecule has 0 bridgehead atoms. The third-order valence-corrected chi connectivity index (χ3v) is 6.02. The summed E-state index contributed by atoms with van der Waals surface area (Å²) in [6.45, 7) is -0.155. The molecule has 0 radical (unpaired) electrons. The quantitative estimate of drug-likeness (QED) is 0.227. The number of ether oxygens (including phenoxy) is 3. The van der Waals surface area contributed by atoms with Crippen molar-refractivity contribution in [1.82, 2.24) is 14.9 Å². The normalized spacial score (nSPS) is 31.4. The van der Waals surface area contributed by atoms with Gasteiger partial charge < -0.3 is 40.6 Å². The van der Waals surface area contributed by atoms with Crippen LogP contribution < -0.4 is 22.3 Å². The number of aromatic nitrogens is 2. The Bertz CT molecular complexity index is 1120. The average Bonchev–Trinajstić information content (AvgIpc) is 3.36. The van der Waals surface area contributed by atoms with Crippen LogP contribution in [0.2, 0.25) is 0 Å². The molecule has 4 rings (SSSR count). The Labute approximate surface area is 199 Å². The molecule has 0 saturated carbocycles. The summed E-state index contributed by atoms with van der Waals surface area (Å²) in [5, 5.41) is 33.8. The number of amides is 1. The molecule has 1 aromatic carbocycles. The van der Waals surface area contributed by atoms with Gasteiger partial charge in [0.25, 0.3) is 11.5 Å². The lowest BCUT2D eigenvalue weighted by Crippen LogP contribution is -2.45. The van der Waals surface area contributed by atoms with Gasteiger partial charge in [-0.1, -0.05) is 18.2 Å². The second-order valence-electron chi connectivity index (χ2n) is 8.40. The summed E-state index contributed by atoms with van der Waals surface area (Å²) < 4.78 is 18.3. The fraction of sp³-hybridized carbons (Fsp3) is 0.500. The molecule has 0 unspecified atom stereocenters. The minimum Gasteiger partial charge on any atom is -0.388 e. The van der Waals surface area contributed by atoms with Gasteiger partial charge in [-0.2, -0.15) is 0 Å². The van der Waals surface area contributed by atoms with Gasteiger partial charge in [-0.05, 0) is 12.1 Å². The maximum absolute atomic E-state index is 12.6. The summed E-state index contributed by atoms with van der Waals surface area (Å²) in [5.41, 5.74) is 4.62. The number of hydrogen-bond acceptors (Lipinski definition) is 10. The first kappa shape index (κ1) is 25.2. The summed E-state index contributed by atoms with van der Waals surface area (Å²) in [6, 6.07) is 9.58. The monoisotopic (exact) mass is 492 g/mol. The van der Waals surface area contributed by atoms with E-state index >= 15 is 0 Å². The number of carbonyl (C=O) groups excluding carboxylic acids is 1. The lowest BCUT2D eigenvalue weighted by Gasteiger charge is -2.28. The summed E-state index contributed by atoms with van der Waals surface area (Å²) in [5.74, 6) is -0.390. The van der Waals surface area contributed by atoms with Crippen LogP contribution in [-0.2, 0) is 14.2 Å². The molecule has 2 aromatic rings. The molecule has 2 fully saturated rings. The molecule has 2 aliphatic rings. The topological polar surface area (TPSA) is 198 Å². The average molecular weight is 492 g/mol. The van der Waals surface area contributed by atoms with E-state index in [1.807, 2.05) is 0 Å². The summed E-state index contributed by atoms with van der Waals surface area (Å²) in [6.07, 6.45) is -7.66. The molecule has 190 valence electrons. The van der Waals surface area contributed by atoms with Crippen LogP contribution in [0.3, 0.4) is 0 Å². The van der Waals surface area contributed by atoms with Crippen molar-refractivity contribution in [2.45, 2.75) is 55.6 Å². The second kappa shape index (κ2) is 10.8. The predicted octanol–water partition coefficient (Wildman–Crippen LogP) is -2.59. The number of nitrogens with two attached hydrogens (primary N) is 1. The van der Waals surface area contributed by atoms with Crippen molar-refractivity contribution in [2.75, 3.05) is 13.1 Å². The Morgan fingerprint density at radius 2 is 1.91 bits per heavy atom. The van der Waals surface area contributed by atoms with E-state index < -0.39 is 60.4 Å². The fourth-order valence-electron chi connectivity index (χ4n) is 4.14. The van der Waals surface area contributed by atoms with Gasteiger partial charge in [0.05, 0.1) is 6.10 Å². The first-order chi connectivity index (χ1) is 16.8. The van der Waals surface area contributed by atoms with Crippen LogP contribution in [0.25, 0.3) is 0 Å². The number of H-pyrrole nitrogens is 1. The van der Waals surface area contributed by atoms with E-state index in [1.54, 1.807) is 30.3 Å². The van der Waals surface area contributed by atoms with E-state index in [1.165, 1.54) is 6.20 Å². The van der Waals surface area contributed by atoms with E-state index in [2.05, 4.69) is 10.3 Å². The van der Waals surface area contributed by atoms with Gasteiger partial charge >= 0.3 is 5.69 Å². The standard InChI is InChI=1S/C22H28N4O9/c23-9-14-17(29)18(30)21(34-14)35-15(10-24-19(31)11-4-2-1-3-5-11)13-8-12(27)20(33-13)26-7-6-16(28)25-22(26)32/h1-7,12-15,17-18,20-21,27,29-30H,8-10,23H2,(H,24,31)(H,25,28,32)/t12-,13+,14-,15+,17-,18-,20-,21+/m1/s1. The van der Waals surface area contributed by atoms with Gasteiger partial charge in [0, 0.05) is 37.3 Å². The highest BCUT2D eigenvalue weighted by Gasteiger charge is 2.47. The van der Waals surface area contributed by atoms with Crippen LogP contribution in [0.1, 0.15) is 23.0 Å². The van der Waals surface area contributed by atoms with Crippen LogP contribution in [0, 0.1) is 0 Å². The lowest BCUT2D eigenvalue weighted by atomic mass is 10.1. The number of nitrogens with zero attached hydrogens (tertiary/aromatic N) is 1. The molecule has 3 heterocycles. The number of aliphatic hydroxyl groups is 3. The number of aromatic amines is 1. The Morgan fingerprint density at radius 3 is 2.57 bits per heavy atom. The molecule has 0 spiro atoms. The summed E-state index contributed by atoms with van der Waals surface area (Å²) in [4.78, 5) is 38.2. The fourth-order valence-corrected chi connectivity index (χ4v) is 4.14. The predicted molar refractivity (Wildman–Crippen MR) is 119 cm³/mol. The zero-order chi connectivity index (χ0) is 25.1. The zero-order valence-corrected chi connectivity index (χ0v) is 18.6. The van der Waals surface area contributed by atoms with Crippen LogP contribution in [0.5, 0.6) is 0 Å². The van der Waals surface area contributed by atoms with Crippen LogP contribution in [0.15, 0.2) is 52.2 Å². The number of aliphatic hydroxyl groups excluding tert-OH is 3. The minimum atomic E-state index is -1.40. The van der Waals surface area contributed by atoms with Gasteiger partial charge in [-0.15, -0.1) is 0 Å². The number of benzene rings is 1. The number of carbonyl (C=O) groups is 1. The molecular weight excluding hydrogens is 464 g/mol. The zero-order valence-electron chi connectivity index (χ0n) is 18.6. The van der Waals surface area contributed by atoms with Gasteiger partial charge in [-0.25, -0.2) is 4.79 Å². The van der Waals surface area contributed by atoms with Crippen molar-refractivity contribution < 1.29 is 34.3 Å². The van der Waals surface area contributed by atoms with Gasteiger partial charge in [0.1, 0.15) is 30.5 Å². The Morgan fingerprint density at radius 1 is 1.17 bits per heavy atom. The molecule has 8 atom stereocenters. The van der Waals surface area contributed by atoms with Crippen molar-refractivity contribution in [3.8, 4) is 0 Å². The van der Waals surface area contributed by atoms with Crippen molar-refractivity contribution in [2.24, 2.45) is 5.73 Å². The molecule has 35 heavy (non-hydrogen) atoms. The smallest absolute Gasteiger partial charge is 0.330 e. The SMILES string of the molecule is NC[C@H]1O[C@@H](O[C@@H](CNC(=O)c2ccccc2)[C@@H]2C[C@@H](O)[C@H](n3ccc(=O)[nH]c3=O)O2)[C@H](O)[C@@H]1O. The number of rotatable bonds is 8. The first-order valence-corrected chi connectivity index (χ1v) is 11.1. The highest BCUT2D eigenvalue weighted by atomic mass is 16.7. The Kier molecular flexibility index (Phi) is 7.76. The molecule has 7 N–H and O–H groups in total. The molecular formula is C22H28N4O9. The third kappa shape index (κ3) is 5.51. The van der Waals surface area contributed by atoms with Crippen molar-refractivity contribution in [3.05, 3.63) is 69.0 Å². The molecule has 13 heteroatoms. The maximum atomic E-state index is 12.6. The third-order valence-electron chi connectivity index (χ3n) is 6.02. The van der Waals surface area contributed by atoms with Gasteiger partial charge in [-0.3, -0.25) is 19.1 Å². The highest BCUT2D eigenvalue weighted by molar-refractivity contribution is 5.94. The number of nitrogens with one attached hydrogen (secondary N) is 2. The molecule has 2 saturated heterocycles. The Hall–Kier alpha value is -2.91. The maximum Gasteiger partial charge on any atom is 0.330 e.